The van der Waals surface area contributed by atoms with Gasteiger partial charge < -0.3 is 15.0 Å². The van der Waals surface area contributed by atoms with E-state index in [9.17, 15) is 14.0 Å². The molecule has 0 radical (unpaired) electrons. The van der Waals surface area contributed by atoms with Crippen molar-refractivity contribution in [2.45, 2.75) is 45.8 Å². The van der Waals surface area contributed by atoms with Crippen molar-refractivity contribution in [3.8, 4) is 5.75 Å². The van der Waals surface area contributed by atoms with Gasteiger partial charge in [-0.2, -0.15) is 0 Å². The topological polar surface area (TPSA) is 58.6 Å². The molecule has 6 heteroatoms. The van der Waals surface area contributed by atoms with Crippen LogP contribution in [0.25, 0.3) is 10.8 Å². The lowest BCUT2D eigenvalue weighted by molar-refractivity contribution is -0.142. The van der Waals surface area contributed by atoms with Crippen LogP contribution in [0.5, 0.6) is 5.75 Å². The Labute approximate surface area is 188 Å². The summed E-state index contributed by atoms with van der Waals surface area (Å²) in [4.78, 5) is 27.4. The summed E-state index contributed by atoms with van der Waals surface area (Å²) in [6.45, 7) is 5.55. The van der Waals surface area contributed by atoms with Gasteiger partial charge in [-0.25, -0.2) is 4.39 Å². The molecular weight excluding hydrogens is 407 g/mol. The lowest BCUT2D eigenvalue weighted by atomic mass is 10.1. The SMILES string of the molecule is CC[C@H](C)NC(=O)[C@H](C)N(Cc1ccc(F)cc1)C(=O)COc1cccc2ccccc12. The lowest BCUT2D eigenvalue weighted by Crippen LogP contribution is -2.50. The van der Waals surface area contributed by atoms with Crippen LogP contribution in [0, 0.1) is 5.82 Å². The number of carbonyl (C=O) groups excluding carboxylic acids is 2. The molecule has 3 aromatic rings. The van der Waals surface area contributed by atoms with E-state index in [-0.39, 0.29) is 36.8 Å². The van der Waals surface area contributed by atoms with Crippen LogP contribution in [0.15, 0.2) is 66.7 Å². The van der Waals surface area contributed by atoms with E-state index in [0.29, 0.717) is 5.75 Å². The summed E-state index contributed by atoms with van der Waals surface area (Å²) < 4.78 is 19.2. The molecule has 0 fully saturated rings. The third kappa shape index (κ3) is 5.84. The monoisotopic (exact) mass is 436 g/mol. The van der Waals surface area contributed by atoms with Crippen molar-refractivity contribution in [1.82, 2.24) is 10.2 Å². The zero-order valence-corrected chi connectivity index (χ0v) is 18.7. The van der Waals surface area contributed by atoms with Gasteiger partial charge in [0.1, 0.15) is 17.6 Å². The smallest absolute Gasteiger partial charge is 0.261 e. The summed E-state index contributed by atoms with van der Waals surface area (Å²) in [5.41, 5.74) is 0.730. The van der Waals surface area contributed by atoms with Gasteiger partial charge in [0.05, 0.1) is 0 Å². The first-order valence-electron chi connectivity index (χ1n) is 10.8. The first kappa shape index (κ1) is 23.3. The highest BCUT2D eigenvalue weighted by Gasteiger charge is 2.27. The number of nitrogens with one attached hydrogen (secondary N) is 1. The molecular formula is C26H29FN2O3. The number of nitrogens with zero attached hydrogens (tertiary/aromatic N) is 1. The summed E-state index contributed by atoms with van der Waals surface area (Å²) in [6, 6.07) is 18.6. The number of benzene rings is 3. The summed E-state index contributed by atoms with van der Waals surface area (Å²) >= 11 is 0. The lowest BCUT2D eigenvalue weighted by Gasteiger charge is -2.29. The molecule has 0 saturated heterocycles. The maximum atomic E-state index is 13.3. The van der Waals surface area contributed by atoms with Crippen molar-refractivity contribution in [2.24, 2.45) is 0 Å². The molecule has 0 aliphatic heterocycles. The van der Waals surface area contributed by atoms with E-state index in [4.69, 9.17) is 4.74 Å². The van der Waals surface area contributed by atoms with Crippen LogP contribution in [0.4, 0.5) is 4.39 Å². The minimum absolute atomic E-state index is 0.000318. The Bertz CT molecular complexity index is 1060. The van der Waals surface area contributed by atoms with Crippen LogP contribution in [-0.2, 0) is 16.1 Å². The average Bonchev–Trinajstić information content (AvgIpc) is 2.81. The molecule has 32 heavy (non-hydrogen) atoms. The number of carbonyl (C=O) groups is 2. The van der Waals surface area contributed by atoms with Gasteiger partial charge in [0.2, 0.25) is 5.91 Å². The zero-order chi connectivity index (χ0) is 23.1. The molecule has 0 aromatic heterocycles. The Morgan fingerprint density at radius 2 is 1.69 bits per heavy atom. The molecule has 0 bridgehead atoms. The summed E-state index contributed by atoms with van der Waals surface area (Å²) in [7, 11) is 0. The molecule has 0 heterocycles. The van der Waals surface area contributed by atoms with Crippen molar-refractivity contribution >= 4 is 22.6 Å². The van der Waals surface area contributed by atoms with Crippen LogP contribution in [0.2, 0.25) is 0 Å². The molecule has 0 aliphatic rings. The maximum absolute atomic E-state index is 13.3. The molecule has 168 valence electrons. The second kappa shape index (κ2) is 10.8. The Morgan fingerprint density at radius 1 is 1.00 bits per heavy atom. The van der Waals surface area contributed by atoms with Crippen LogP contribution < -0.4 is 10.1 Å². The van der Waals surface area contributed by atoms with Gasteiger partial charge in [0.15, 0.2) is 6.61 Å². The molecule has 3 aromatic carbocycles. The number of rotatable bonds is 9. The highest BCUT2D eigenvalue weighted by Crippen LogP contribution is 2.25. The predicted molar refractivity (Wildman–Crippen MR) is 124 cm³/mol. The van der Waals surface area contributed by atoms with Crippen molar-refractivity contribution in [3.05, 3.63) is 78.1 Å². The molecule has 0 unspecified atom stereocenters. The fraction of sp³-hybridized carbons (Fsp3) is 0.308. The minimum atomic E-state index is -0.710. The molecule has 3 rings (SSSR count). The van der Waals surface area contributed by atoms with Gasteiger partial charge in [-0.3, -0.25) is 9.59 Å². The molecule has 2 atom stereocenters. The average molecular weight is 437 g/mol. The fourth-order valence-corrected chi connectivity index (χ4v) is 3.38. The standard InChI is InChI=1S/C26H29FN2O3/c1-4-18(2)28-26(31)19(3)29(16-20-12-14-22(27)15-13-20)25(30)17-32-24-11-7-9-21-8-5-6-10-23(21)24/h5-15,18-19H,4,16-17H2,1-3H3,(H,28,31)/t18-,19-/m0/s1. The third-order valence-corrected chi connectivity index (χ3v) is 5.54. The highest BCUT2D eigenvalue weighted by molar-refractivity contribution is 5.90. The van der Waals surface area contributed by atoms with E-state index in [1.165, 1.54) is 17.0 Å². The van der Waals surface area contributed by atoms with Crippen LogP contribution >= 0.6 is 0 Å². The number of hydrogen-bond donors (Lipinski definition) is 1. The fourth-order valence-electron chi connectivity index (χ4n) is 3.38. The normalized spacial score (nSPS) is 12.8. The quantitative estimate of drug-likeness (QED) is 0.529. The van der Waals surface area contributed by atoms with E-state index >= 15 is 0 Å². The van der Waals surface area contributed by atoms with E-state index in [1.54, 1.807) is 19.1 Å². The van der Waals surface area contributed by atoms with Crippen molar-refractivity contribution in [2.75, 3.05) is 6.61 Å². The Kier molecular flexibility index (Phi) is 7.82. The second-order valence-corrected chi connectivity index (χ2v) is 7.91. The Hall–Kier alpha value is -3.41. The van der Waals surface area contributed by atoms with E-state index in [1.807, 2.05) is 56.3 Å². The largest absolute Gasteiger partial charge is 0.483 e. The number of hydrogen-bond acceptors (Lipinski definition) is 3. The number of fused-ring (bicyclic) bond motifs is 1. The summed E-state index contributed by atoms with van der Waals surface area (Å²) in [6.07, 6.45) is 0.786. The number of halogens is 1. The molecule has 2 amide bonds. The van der Waals surface area contributed by atoms with Gasteiger partial charge in [-0.1, -0.05) is 55.5 Å². The van der Waals surface area contributed by atoms with Crippen LogP contribution in [-0.4, -0.2) is 35.4 Å². The van der Waals surface area contributed by atoms with Gasteiger partial charge in [0, 0.05) is 18.0 Å². The second-order valence-electron chi connectivity index (χ2n) is 7.91. The van der Waals surface area contributed by atoms with Gasteiger partial charge in [-0.15, -0.1) is 0 Å². The summed E-state index contributed by atoms with van der Waals surface area (Å²) in [5, 5.41) is 4.85. The van der Waals surface area contributed by atoms with E-state index in [2.05, 4.69) is 5.32 Å². The van der Waals surface area contributed by atoms with Gasteiger partial charge in [-0.05, 0) is 49.4 Å². The zero-order valence-electron chi connectivity index (χ0n) is 18.7. The molecule has 0 aliphatic carbocycles. The van der Waals surface area contributed by atoms with Crippen molar-refractivity contribution in [1.29, 1.82) is 0 Å². The number of amides is 2. The van der Waals surface area contributed by atoms with Gasteiger partial charge >= 0.3 is 0 Å². The Balaban J connectivity index is 1.78. The van der Waals surface area contributed by atoms with Crippen molar-refractivity contribution < 1.29 is 18.7 Å². The molecule has 0 saturated carbocycles. The highest BCUT2D eigenvalue weighted by atomic mass is 19.1. The van der Waals surface area contributed by atoms with Crippen molar-refractivity contribution in [3.63, 3.8) is 0 Å². The Morgan fingerprint density at radius 3 is 2.41 bits per heavy atom. The van der Waals surface area contributed by atoms with Crippen LogP contribution in [0.1, 0.15) is 32.8 Å². The van der Waals surface area contributed by atoms with Crippen LogP contribution in [0.3, 0.4) is 0 Å². The maximum Gasteiger partial charge on any atom is 0.261 e. The first-order valence-corrected chi connectivity index (χ1v) is 10.8. The predicted octanol–water partition coefficient (Wildman–Crippen LogP) is 4.69. The van der Waals surface area contributed by atoms with E-state index < -0.39 is 6.04 Å². The molecule has 0 spiro atoms. The first-order chi connectivity index (χ1) is 15.4. The third-order valence-electron chi connectivity index (χ3n) is 5.54. The van der Waals surface area contributed by atoms with E-state index in [0.717, 1.165) is 22.8 Å². The number of ether oxygens (including phenoxy) is 1. The minimum Gasteiger partial charge on any atom is -0.483 e. The summed E-state index contributed by atoms with van der Waals surface area (Å²) in [5.74, 6) is -0.308. The molecule has 1 N–H and O–H groups in total. The van der Waals surface area contributed by atoms with Gasteiger partial charge in [0.25, 0.3) is 5.91 Å². The molecule has 5 nitrogen and oxygen atoms in total.